The average molecular weight is 625 g/mol. The first-order valence-corrected chi connectivity index (χ1v) is 16.7. The highest BCUT2D eigenvalue weighted by Crippen LogP contribution is 2.37. The predicted molar refractivity (Wildman–Crippen MR) is 206 cm³/mol. The zero-order valence-corrected chi connectivity index (χ0v) is 26.9. The van der Waals surface area contributed by atoms with Gasteiger partial charge in [-0.05, 0) is 75.8 Å². The summed E-state index contributed by atoms with van der Waals surface area (Å²) in [5.74, 6) is 0. The molecule has 49 heavy (non-hydrogen) atoms. The number of hydrogen-bond donors (Lipinski definition) is 0. The summed E-state index contributed by atoms with van der Waals surface area (Å²) in [6.07, 6.45) is 0. The molecule has 0 N–H and O–H groups in total. The van der Waals surface area contributed by atoms with Gasteiger partial charge in [-0.3, -0.25) is 0 Å². The van der Waals surface area contributed by atoms with E-state index in [0.717, 1.165) is 39.3 Å². The zero-order valence-electron chi connectivity index (χ0n) is 26.9. The molecule has 0 aliphatic heterocycles. The molecule has 0 saturated heterocycles. The third-order valence-electron chi connectivity index (χ3n) is 9.38. The van der Waals surface area contributed by atoms with Crippen molar-refractivity contribution in [2.24, 2.45) is 0 Å². The predicted octanol–water partition coefficient (Wildman–Crippen LogP) is 12.5. The summed E-state index contributed by atoms with van der Waals surface area (Å²) < 4.78 is 2.40. The maximum atomic E-state index is 5.16. The molecule has 7 aromatic carbocycles. The minimum atomic E-state index is 0.954. The Hall–Kier alpha value is -6.51. The third-order valence-corrected chi connectivity index (χ3v) is 9.38. The molecule has 0 saturated carbocycles. The summed E-state index contributed by atoms with van der Waals surface area (Å²) in [5, 5.41) is 2.52. The highest BCUT2D eigenvalue weighted by atomic mass is 15.0. The highest BCUT2D eigenvalue weighted by Gasteiger charge is 2.15. The van der Waals surface area contributed by atoms with E-state index < -0.39 is 0 Å². The van der Waals surface area contributed by atoms with Gasteiger partial charge < -0.3 is 4.57 Å². The van der Waals surface area contributed by atoms with Gasteiger partial charge in [-0.2, -0.15) is 0 Å². The number of nitrogens with zero attached hydrogens (tertiary/aromatic N) is 2. The van der Waals surface area contributed by atoms with Gasteiger partial charge in [0.25, 0.3) is 0 Å². The van der Waals surface area contributed by atoms with Crippen molar-refractivity contribution in [1.82, 2.24) is 9.55 Å². The van der Waals surface area contributed by atoms with Crippen molar-refractivity contribution in [3.05, 3.63) is 194 Å². The second-order valence-electron chi connectivity index (χ2n) is 12.4. The van der Waals surface area contributed by atoms with Crippen molar-refractivity contribution >= 4 is 21.8 Å². The van der Waals surface area contributed by atoms with Crippen LogP contribution in [0.4, 0.5) is 0 Å². The Morgan fingerprint density at radius 1 is 0.286 bits per heavy atom. The molecule has 9 rings (SSSR count). The molecule has 2 aromatic heterocycles. The van der Waals surface area contributed by atoms with E-state index in [-0.39, 0.29) is 0 Å². The van der Waals surface area contributed by atoms with E-state index in [1.54, 1.807) is 0 Å². The van der Waals surface area contributed by atoms with Crippen molar-refractivity contribution in [3.63, 3.8) is 0 Å². The van der Waals surface area contributed by atoms with Gasteiger partial charge in [0, 0.05) is 27.6 Å². The molecule has 0 aliphatic rings. The van der Waals surface area contributed by atoms with E-state index in [9.17, 15) is 0 Å². The summed E-state index contributed by atoms with van der Waals surface area (Å²) in [7, 11) is 0. The molecule has 0 atom stereocenters. The molecular formula is C47H32N2. The third kappa shape index (κ3) is 5.40. The zero-order chi connectivity index (χ0) is 32.6. The van der Waals surface area contributed by atoms with Crippen molar-refractivity contribution < 1.29 is 0 Å². The molecule has 230 valence electrons. The molecular weight excluding hydrogens is 593 g/mol. The molecule has 0 spiro atoms. The van der Waals surface area contributed by atoms with E-state index in [4.69, 9.17) is 4.98 Å². The Labute approximate surface area is 286 Å². The van der Waals surface area contributed by atoms with Crippen LogP contribution in [0.25, 0.3) is 83.4 Å². The standard InChI is InChI=1S/C47H32N2/c1-4-14-33(15-5-1)38-28-39(30-41(29-38)49-46-22-12-10-20-42(46)43-21-11-13-23-47(43)49)35-24-26-37(27-25-35)45-32-40(34-16-6-2-7-17-34)31-44(48-45)36-18-8-3-9-19-36/h1-32H. The SMILES string of the molecule is c1ccc(-c2cc(-c3ccc(-c4cc(-c5ccccc5)cc(-c5ccccc5)n4)cc3)cc(-n3c4ccccc4c4ccccc43)c2)cc1. The van der Waals surface area contributed by atoms with Gasteiger partial charge in [0.1, 0.15) is 0 Å². The number of rotatable bonds is 6. The van der Waals surface area contributed by atoms with Crippen LogP contribution in [0.1, 0.15) is 0 Å². The first-order valence-electron chi connectivity index (χ1n) is 16.7. The average Bonchev–Trinajstić information content (AvgIpc) is 3.53. The maximum absolute atomic E-state index is 5.16. The van der Waals surface area contributed by atoms with Crippen molar-refractivity contribution in [2.75, 3.05) is 0 Å². The Balaban J connectivity index is 1.18. The van der Waals surface area contributed by atoms with Gasteiger partial charge in [-0.1, -0.05) is 152 Å². The largest absolute Gasteiger partial charge is 0.309 e. The first kappa shape index (κ1) is 28.7. The van der Waals surface area contributed by atoms with Gasteiger partial charge in [0.15, 0.2) is 0 Å². The normalized spacial score (nSPS) is 11.3. The van der Waals surface area contributed by atoms with Crippen LogP contribution in [0.15, 0.2) is 194 Å². The first-order chi connectivity index (χ1) is 24.3. The molecule has 0 aliphatic carbocycles. The number of aromatic nitrogens is 2. The van der Waals surface area contributed by atoms with Gasteiger partial charge >= 0.3 is 0 Å². The smallest absolute Gasteiger partial charge is 0.0715 e. The minimum absolute atomic E-state index is 0.954. The molecule has 0 amide bonds. The van der Waals surface area contributed by atoms with E-state index in [1.807, 2.05) is 6.07 Å². The number of benzene rings is 7. The lowest BCUT2D eigenvalue weighted by Crippen LogP contribution is -1.96. The van der Waals surface area contributed by atoms with E-state index in [0.29, 0.717) is 0 Å². The van der Waals surface area contributed by atoms with Crippen LogP contribution in [0, 0.1) is 0 Å². The maximum Gasteiger partial charge on any atom is 0.0715 e. The van der Waals surface area contributed by atoms with Crippen LogP contribution in [0.3, 0.4) is 0 Å². The molecule has 0 fully saturated rings. The van der Waals surface area contributed by atoms with Crippen LogP contribution >= 0.6 is 0 Å². The molecule has 0 radical (unpaired) electrons. The number of para-hydroxylation sites is 2. The van der Waals surface area contributed by atoms with Gasteiger partial charge in [-0.25, -0.2) is 4.98 Å². The Morgan fingerprint density at radius 2 is 0.653 bits per heavy atom. The van der Waals surface area contributed by atoms with Crippen LogP contribution in [-0.2, 0) is 0 Å². The number of hydrogen-bond acceptors (Lipinski definition) is 1. The van der Waals surface area contributed by atoms with Gasteiger partial charge in [0.2, 0.25) is 0 Å². The number of fused-ring (bicyclic) bond motifs is 3. The Bertz CT molecular complexity index is 2450. The van der Waals surface area contributed by atoms with Gasteiger partial charge in [0.05, 0.1) is 22.4 Å². The number of pyridine rings is 1. The quantitative estimate of drug-likeness (QED) is 0.180. The lowest BCUT2D eigenvalue weighted by molar-refractivity contribution is 1.18. The van der Waals surface area contributed by atoms with E-state index >= 15 is 0 Å². The molecule has 0 bridgehead atoms. The van der Waals surface area contributed by atoms with Crippen molar-refractivity contribution in [2.45, 2.75) is 0 Å². The Morgan fingerprint density at radius 3 is 1.16 bits per heavy atom. The van der Waals surface area contributed by atoms with Crippen molar-refractivity contribution in [1.29, 1.82) is 0 Å². The highest BCUT2D eigenvalue weighted by molar-refractivity contribution is 6.09. The van der Waals surface area contributed by atoms with Crippen LogP contribution in [0.2, 0.25) is 0 Å². The molecule has 2 heteroatoms. The Kier molecular flexibility index (Phi) is 7.18. The van der Waals surface area contributed by atoms with Crippen LogP contribution in [-0.4, -0.2) is 9.55 Å². The summed E-state index contributed by atoms with van der Waals surface area (Å²) >= 11 is 0. The lowest BCUT2D eigenvalue weighted by Gasteiger charge is -2.14. The van der Waals surface area contributed by atoms with Crippen LogP contribution in [0.5, 0.6) is 0 Å². The fourth-order valence-corrected chi connectivity index (χ4v) is 6.97. The fourth-order valence-electron chi connectivity index (χ4n) is 6.97. The van der Waals surface area contributed by atoms with E-state index in [2.05, 4.69) is 193 Å². The second-order valence-corrected chi connectivity index (χ2v) is 12.4. The monoisotopic (exact) mass is 624 g/mol. The van der Waals surface area contributed by atoms with Crippen LogP contribution < -0.4 is 0 Å². The molecule has 0 unspecified atom stereocenters. The second kappa shape index (κ2) is 12.3. The van der Waals surface area contributed by atoms with Gasteiger partial charge in [-0.15, -0.1) is 0 Å². The van der Waals surface area contributed by atoms with E-state index in [1.165, 1.54) is 44.1 Å². The summed E-state index contributed by atoms with van der Waals surface area (Å²) in [5.41, 5.74) is 14.7. The minimum Gasteiger partial charge on any atom is -0.309 e. The summed E-state index contributed by atoms with van der Waals surface area (Å²) in [4.78, 5) is 5.16. The molecule has 2 heterocycles. The summed E-state index contributed by atoms with van der Waals surface area (Å²) in [6.45, 7) is 0. The molecule has 2 nitrogen and oxygen atoms in total. The summed E-state index contributed by atoms with van der Waals surface area (Å²) in [6, 6.07) is 69.2. The lowest BCUT2D eigenvalue weighted by atomic mass is 9.96. The molecule has 9 aromatic rings. The topological polar surface area (TPSA) is 17.8 Å². The van der Waals surface area contributed by atoms with Crippen molar-refractivity contribution in [3.8, 4) is 61.6 Å². The fraction of sp³-hybridized carbons (Fsp3) is 0.